The Bertz CT molecular complexity index is 1830. The number of hydrogen-bond donors (Lipinski definition) is 0. The lowest BCUT2D eigenvalue weighted by molar-refractivity contribution is -0.0312. The van der Waals surface area contributed by atoms with E-state index in [1.165, 1.54) is 38.7 Å². The van der Waals surface area contributed by atoms with Gasteiger partial charge in [0.05, 0.1) is 36.4 Å². The highest BCUT2D eigenvalue weighted by Gasteiger charge is 2.38. The molecule has 7 rings (SSSR count). The SMILES string of the molecule is COc1ccc([C@H](Cc2c(Cl)cncc2Cl)OC(=O)c2cccc(CN(C(=O)O[C@H]3CN4CCC3CC4)c3c(F)cccc3F)c2)cc1OC. The van der Waals surface area contributed by atoms with Gasteiger partial charge in [0.1, 0.15) is 29.5 Å². The Morgan fingerprint density at radius 3 is 2.26 bits per heavy atom. The molecule has 0 radical (unpaired) electrons. The summed E-state index contributed by atoms with van der Waals surface area (Å²) in [4.78, 5) is 34.6. The van der Waals surface area contributed by atoms with E-state index in [0.29, 0.717) is 44.8 Å². The zero-order valence-corrected chi connectivity index (χ0v) is 28.9. The summed E-state index contributed by atoms with van der Waals surface area (Å²) in [5.41, 5.74) is 1.11. The third-order valence-electron chi connectivity index (χ3n) is 9.15. The van der Waals surface area contributed by atoms with Crippen LogP contribution in [0.1, 0.15) is 46.0 Å². The van der Waals surface area contributed by atoms with Crippen LogP contribution in [0.3, 0.4) is 0 Å². The van der Waals surface area contributed by atoms with Crippen LogP contribution >= 0.6 is 23.2 Å². The van der Waals surface area contributed by atoms with Gasteiger partial charge in [-0.25, -0.2) is 18.4 Å². The topological polar surface area (TPSA) is 90.4 Å². The number of nitrogens with zero attached hydrogens (tertiary/aromatic N) is 3. The van der Waals surface area contributed by atoms with E-state index in [0.717, 1.165) is 43.0 Å². The predicted molar refractivity (Wildman–Crippen MR) is 184 cm³/mol. The van der Waals surface area contributed by atoms with Crippen molar-refractivity contribution in [1.82, 2.24) is 9.88 Å². The first-order chi connectivity index (χ1) is 24.1. The Morgan fingerprint density at radius 2 is 1.62 bits per heavy atom. The van der Waals surface area contributed by atoms with Crippen LogP contribution in [0.5, 0.6) is 11.5 Å². The highest BCUT2D eigenvalue weighted by Crippen LogP contribution is 2.36. The minimum Gasteiger partial charge on any atom is -0.493 e. The monoisotopic (exact) mass is 725 g/mol. The molecule has 0 saturated carbocycles. The van der Waals surface area contributed by atoms with Crippen molar-refractivity contribution in [2.45, 2.75) is 38.0 Å². The van der Waals surface area contributed by atoms with Gasteiger partial charge in [-0.15, -0.1) is 0 Å². The number of methoxy groups -OCH3 is 2. The summed E-state index contributed by atoms with van der Waals surface area (Å²) < 4.78 is 53.1. The lowest BCUT2D eigenvalue weighted by atomic mass is 9.86. The standard InChI is InChI=1S/C37H35Cl2F2N3O6/c1-47-31-10-9-24(16-33(31)48-2)32(17-26-27(38)18-42-19-28(26)39)49-36(45)25-6-3-5-22(15-25)20-44(35-29(40)7-4-8-30(35)41)37(46)50-34-21-43-13-11-23(34)12-14-43/h3-10,15-16,18-19,23,32,34H,11-14,17,20-21H2,1-2H3/t32-,34-/m0/s1. The number of carbonyl (C=O) groups is 2. The Kier molecular flexibility index (Phi) is 11.1. The van der Waals surface area contributed by atoms with Gasteiger partial charge in [0, 0.05) is 25.4 Å². The molecule has 13 heteroatoms. The molecular weight excluding hydrogens is 691 g/mol. The fourth-order valence-corrected chi connectivity index (χ4v) is 7.01. The molecule has 2 atom stereocenters. The summed E-state index contributed by atoms with van der Waals surface area (Å²) in [6, 6.07) is 14.8. The third kappa shape index (κ3) is 7.80. The molecular formula is C37H35Cl2F2N3O6. The molecule has 1 aromatic heterocycles. The fraction of sp³-hybridized carbons (Fsp3) is 0.324. The van der Waals surface area contributed by atoms with Crippen molar-refractivity contribution in [1.29, 1.82) is 0 Å². The van der Waals surface area contributed by atoms with Crippen LogP contribution in [0.25, 0.3) is 0 Å². The van der Waals surface area contributed by atoms with Crippen molar-refractivity contribution in [3.63, 3.8) is 0 Å². The minimum atomic E-state index is -0.919. The maximum atomic E-state index is 15.1. The number of para-hydroxylation sites is 1. The molecule has 3 aliphatic rings. The summed E-state index contributed by atoms with van der Waals surface area (Å²) in [5, 5.41) is 0.596. The van der Waals surface area contributed by atoms with E-state index >= 15 is 8.78 Å². The van der Waals surface area contributed by atoms with Crippen molar-refractivity contribution in [2.75, 3.05) is 38.8 Å². The van der Waals surface area contributed by atoms with Crippen molar-refractivity contribution in [2.24, 2.45) is 5.92 Å². The van der Waals surface area contributed by atoms with Gasteiger partial charge in [-0.3, -0.25) is 14.8 Å². The molecule has 0 spiro atoms. The van der Waals surface area contributed by atoms with Crippen molar-refractivity contribution in [3.8, 4) is 11.5 Å². The minimum absolute atomic E-state index is 0.104. The zero-order valence-electron chi connectivity index (χ0n) is 27.4. The number of amides is 1. The van der Waals surface area contributed by atoms with Crippen LogP contribution < -0.4 is 14.4 Å². The Morgan fingerprint density at radius 1 is 0.940 bits per heavy atom. The van der Waals surface area contributed by atoms with Crippen LogP contribution in [0.2, 0.25) is 10.0 Å². The second-order valence-corrected chi connectivity index (χ2v) is 13.0. The molecule has 4 heterocycles. The molecule has 4 aromatic rings. The molecule has 3 fully saturated rings. The van der Waals surface area contributed by atoms with E-state index in [9.17, 15) is 9.59 Å². The number of aromatic nitrogens is 1. The molecule has 0 aliphatic carbocycles. The smallest absolute Gasteiger partial charge is 0.415 e. The molecule has 0 N–H and O–H groups in total. The summed E-state index contributed by atoms with van der Waals surface area (Å²) in [7, 11) is 3.01. The quantitative estimate of drug-likeness (QED) is 0.144. The Balaban J connectivity index is 1.27. The lowest BCUT2D eigenvalue weighted by Crippen LogP contribution is -2.53. The number of fused-ring (bicyclic) bond motifs is 3. The first-order valence-electron chi connectivity index (χ1n) is 16.1. The number of anilines is 1. The van der Waals surface area contributed by atoms with Crippen molar-refractivity contribution >= 4 is 41.0 Å². The normalized spacial score (nSPS) is 18.6. The van der Waals surface area contributed by atoms with E-state index < -0.39 is 35.5 Å². The van der Waals surface area contributed by atoms with Gasteiger partial charge < -0.3 is 18.9 Å². The number of benzene rings is 3. The molecule has 262 valence electrons. The van der Waals surface area contributed by atoms with Crippen LogP contribution in [-0.4, -0.2) is 61.9 Å². The van der Waals surface area contributed by atoms with Gasteiger partial charge in [-0.2, -0.15) is 0 Å². The maximum Gasteiger partial charge on any atom is 0.415 e. The molecule has 3 aliphatic heterocycles. The largest absolute Gasteiger partial charge is 0.493 e. The number of esters is 1. The van der Waals surface area contributed by atoms with E-state index in [1.54, 1.807) is 36.4 Å². The van der Waals surface area contributed by atoms with Crippen LogP contribution in [0.15, 0.2) is 73.1 Å². The van der Waals surface area contributed by atoms with Crippen molar-refractivity contribution in [3.05, 3.63) is 117 Å². The van der Waals surface area contributed by atoms with E-state index in [4.69, 9.17) is 42.1 Å². The first kappa shape index (κ1) is 35.4. The predicted octanol–water partition coefficient (Wildman–Crippen LogP) is 8.06. The number of halogens is 4. The summed E-state index contributed by atoms with van der Waals surface area (Å²) in [5.74, 6) is -1.45. The average Bonchev–Trinajstić information content (AvgIpc) is 3.12. The van der Waals surface area contributed by atoms with E-state index in [-0.39, 0.29) is 30.6 Å². The van der Waals surface area contributed by atoms with Crippen LogP contribution in [-0.2, 0) is 22.4 Å². The number of rotatable bonds is 11. The third-order valence-corrected chi connectivity index (χ3v) is 9.80. The second-order valence-electron chi connectivity index (χ2n) is 12.2. The van der Waals surface area contributed by atoms with Gasteiger partial charge in [0.15, 0.2) is 11.5 Å². The summed E-state index contributed by atoms with van der Waals surface area (Å²) in [6.07, 6.45) is 2.63. The highest BCUT2D eigenvalue weighted by molar-refractivity contribution is 6.35. The molecule has 50 heavy (non-hydrogen) atoms. The van der Waals surface area contributed by atoms with Crippen molar-refractivity contribution < 1.29 is 37.3 Å². The second kappa shape index (κ2) is 15.6. The maximum absolute atomic E-state index is 15.1. The molecule has 1 amide bonds. The number of pyridine rings is 1. The molecule has 3 aromatic carbocycles. The Labute approximate surface area is 298 Å². The summed E-state index contributed by atoms with van der Waals surface area (Å²) in [6.45, 7) is 2.16. The number of ether oxygens (including phenoxy) is 4. The molecule has 2 bridgehead atoms. The van der Waals surface area contributed by atoms with Gasteiger partial charge >= 0.3 is 12.1 Å². The van der Waals surface area contributed by atoms with Gasteiger partial charge in [-0.1, -0.05) is 47.5 Å². The highest BCUT2D eigenvalue weighted by atomic mass is 35.5. The number of hydrogen-bond acceptors (Lipinski definition) is 8. The zero-order chi connectivity index (χ0) is 35.4. The van der Waals surface area contributed by atoms with Gasteiger partial charge in [0.25, 0.3) is 0 Å². The lowest BCUT2D eigenvalue weighted by Gasteiger charge is -2.44. The first-order valence-corrected chi connectivity index (χ1v) is 16.8. The molecule has 9 nitrogen and oxygen atoms in total. The van der Waals surface area contributed by atoms with Crippen LogP contribution in [0, 0.1) is 17.6 Å². The van der Waals surface area contributed by atoms with Crippen LogP contribution in [0.4, 0.5) is 19.3 Å². The number of carbonyl (C=O) groups excluding carboxylic acids is 2. The summed E-state index contributed by atoms with van der Waals surface area (Å²) >= 11 is 12.9. The number of piperidine rings is 3. The van der Waals surface area contributed by atoms with E-state index in [2.05, 4.69) is 9.88 Å². The molecule has 0 unspecified atom stereocenters. The van der Waals surface area contributed by atoms with E-state index in [1.807, 2.05) is 0 Å². The Hall–Kier alpha value is -4.45. The average molecular weight is 727 g/mol. The van der Waals surface area contributed by atoms with Gasteiger partial charge in [0.2, 0.25) is 0 Å². The van der Waals surface area contributed by atoms with Gasteiger partial charge in [-0.05, 0) is 84.9 Å². The molecule has 3 saturated heterocycles. The fourth-order valence-electron chi connectivity index (χ4n) is 6.49.